The molecule has 0 aromatic heterocycles. The van der Waals surface area contributed by atoms with Gasteiger partial charge >= 0.3 is 17.9 Å². The molecular formula is C25H24O12. The summed E-state index contributed by atoms with van der Waals surface area (Å²) in [5.41, 5.74) is -1.69. The van der Waals surface area contributed by atoms with Crippen LogP contribution in [0.2, 0.25) is 0 Å². The van der Waals surface area contributed by atoms with Gasteiger partial charge in [-0.3, -0.25) is 0 Å². The van der Waals surface area contributed by atoms with Gasteiger partial charge in [-0.2, -0.15) is 0 Å². The van der Waals surface area contributed by atoms with Gasteiger partial charge in [0.15, 0.2) is 29.1 Å². The SMILES string of the molecule is O=C(/C=C\c1ccc(O)c(O)c1)OC1(C(=O)O)C[C@H](O)C(OC(=O)/C=C/c2ccc(O)c(O)c2)[C@@H](O)C1. The lowest BCUT2D eigenvalue weighted by Crippen LogP contribution is -2.58. The Labute approximate surface area is 209 Å². The number of carbonyl (C=O) groups excluding carboxylic acids is 2. The average molecular weight is 516 g/mol. The predicted octanol–water partition coefficient (Wildman–Crippen LogP) is 1.03. The van der Waals surface area contributed by atoms with Crippen LogP contribution >= 0.6 is 0 Å². The number of aliphatic carboxylic acids is 1. The van der Waals surface area contributed by atoms with Crippen LogP contribution in [0.5, 0.6) is 23.0 Å². The number of hydrogen-bond acceptors (Lipinski definition) is 11. The summed E-state index contributed by atoms with van der Waals surface area (Å²) in [5, 5.41) is 68.3. The van der Waals surface area contributed by atoms with Gasteiger partial charge in [0, 0.05) is 25.0 Å². The van der Waals surface area contributed by atoms with Crippen molar-refractivity contribution in [2.24, 2.45) is 0 Å². The summed E-state index contributed by atoms with van der Waals surface area (Å²) in [6.45, 7) is 0. The first-order chi connectivity index (χ1) is 17.4. The summed E-state index contributed by atoms with van der Waals surface area (Å²) < 4.78 is 10.1. The standard InChI is InChI=1S/C25H24O12/c26-15-5-1-13(9-17(15)28)3-7-21(32)36-23-19(30)11-25(24(34)35,12-20(23)31)37-22(33)8-4-14-2-6-16(27)18(29)10-14/h1-10,19-20,23,26-31H,11-12H2,(H,34,35)/b7-3+,8-4-/t19-,20-,23?,25?/m0/s1. The molecule has 0 heterocycles. The van der Waals surface area contributed by atoms with Crippen molar-refractivity contribution < 1.29 is 59.6 Å². The Balaban J connectivity index is 1.66. The van der Waals surface area contributed by atoms with E-state index in [0.29, 0.717) is 11.1 Å². The number of carboxylic acids is 1. The Morgan fingerprint density at radius 2 is 1.22 bits per heavy atom. The summed E-state index contributed by atoms with van der Waals surface area (Å²) in [6.07, 6.45) is -2.07. The Kier molecular flexibility index (Phi) is 8.05. The van der Waals surface area contributed by atoms with Gasteiger partial charge in [0.1, 0.15) is 0 Å². The van der Waals surface area contributed by atoms with Gasteiger partial charge in [-0.1, -0.05) is 12.1 Å². The highest BCUT2D eigenvalue weighted by atomic mass is 16.6. The number of esters is 2. The van der Waals surface area contributed by atoms with Crippen LogP contribution in [0.25, 0.3) is 12.2 Å². The average Bonchev–Trinajstić information content (AvgIpc) is 2.83. The second kappa shape index (κ2) is 11.0. The summed E-state index contributed by atoms with van der Waals surface area (Å²) in [7, 11) is 0. The topological polar surface area (TPSA) is 211 Å². The second-order valence-electron chi connectivity index (χ2n) is 8.33. The van der Waals surface area contributed by atoms with Crippen molar-refractivity contribution in [1.29, 1.82) is 0 Å². The molecule has 1 saturated carbocycles. The van der Waals surface area contributed by atoms with E-state index in [1.807, 2.05) is 0 Å². The molecule has 12 nitrogen and oxygen atoms in total. The van der Waals surface area contributed by atoms with Gasteiger partial charge in [0.2, 0.25) is 5.60 Å². The van der Waals surface area contributed by atoms with Crippen molar-refractivity contribution >= 4 is 30.1 Å². The molecule has 0 amide bonds. The van der Waals surface area contributed by atoms with E-state index in [2.05, 4.69) is 0 Å². The molecule has 0 spiro atoms. The number of carbonyl (C=O) groups is 3. The van der Waals surface area contributed by atoms with E-state index in [1.165, 1.54) is 42.5 Å². The van der Waals surface area contributed by atoms with Gasteiger partial charge in [-0.05, 0) is 47.5 Å². The summed E-state index contributed by atoms with van der Waals surface area (Å²) in [6, 6.07) is 7.48. The molecule has 0 aliphatic heterocycles. The van der Waals surface area contributed by atoms with E-state index < -0.39 is 66.2 Å². The van der Waals surface area contributed by atoms with Gasteiger partial charge in [0.05, 0.1) is 12.2 Å². The molecule has 37 heavy (non-hydrogen) atoms. The normalized spacial score (nSPS) is 23.7. The minimum atomic E-state index is -2.32. The van der Waals surface area contributed by atoms with E-state index in [4.69, 9.17) is 9.47 Å². The second-order valence-corrected chi connectivity index (χ2v) is 8.33. The number of aliphatic hydroxyl groups is 2. The fraction of sp³-hybridized carbons (Fsp3) is 0.240. The maximum Gasteiger partial charge on any atom is 0.348 e. The maximum atomic E-state index is 12.3. The number of phenolic OH excluding ortho intramolecular Hbond substituents is 4. The van der Waals surface area contributed by atoms with Crippen LogP contribution in [-0.2, 0) is 23.9 Å². The first-order valence-corrected chi connectivity index (χ1v) is 10.8. The van der Waals surface area contributed by atoms with E-state index in [-0.39, 0.29) is 11.5 Å². The lowest BCUT2D eigenvalue weighted by molar-refractivity contribution is -0.207. The number of benzene rings is 2. The third-order valence-corrected chi connectivity index (χ3v) is 5.60. The first-order valence-electron chi connectivity index (χ1n) is 10.8. The predicted molar refractivity (Wildman–Crippen MR) is 125 cm³/mol. The Morgan fingerprint density at radius 3 is 1.65 bits per heavy atom. The lowest BCUT2D eigenvalue weighted by Gasteiger charge is -2.41. The number of hydrogen-bond donors (Lipinski definition) is 7. The minimum absolute atomic E-state index is 0.294. The highest BCUT2D eigenvalue weighted by Crippen LogP contribution is 2.35. The zero-order chi connectivity index (χ0) is 27.3. The van der Waals surface area contributed by atoms with Crippen molar-refractivity contribution in [2.75, 3.05) is 0 Å². The summed E-state index contributed by atoms with van der Waals surface area (Å²) in [4.78, 5) is 36.4. The van der Waals surface area contributed by atoms with E-state index in [0.717, 1.165) is 18.2 Å². The van der Waals surface area contributed by atoms with E-state index in [9.17, 15) is 50.1 Å². The lowest BCUT2D eigenvalue weighted by atomic mass is 9.79. The molecule has 1 aliphatic carbocycles. The highest BCUT2D eigenvalue weighted by molar-refractivity contribution is 5.91. The number of ether oxygens (including phenoxy) is 2. The number of aromatic hydroxyl groups is 4. The summed E-state index contributed by atoms with van der Waals surface area (Å²) in [5.74, 6) is -5.32. The number of rotatable bonds is 7. The molecule has 0 bridgehead atoms. The van der Waals surface area contributed by atoms with Gasteiger partial charge < -0.3 is 45.2 Å². The number of phenols is 4. The van der Waals surface area contributed by atoms with Crippen molar-refractivity contribution in [2.45, 2.75) is 36.8 Å². The van der Waals surface area contributed by atoms with Gasteiger partial charge in [-0.15, -0.1) is 0 Å². The first kappa shape index (κ1) is 27.0. The number of aliphatic hydroxyl groups excluding tert-OH is 2. The Hall–Kier alpha value is -4.55. The Morgan fingerprint density at radius 1 is 0.757 bits per heavy atom. The van der Waals surface area contributed by atoms with Crippen LogP contribution in [0, 0.1) is 0 Å². The molecule has 12 heteroatoms. The third kappa shape index (κ3) is 6.57. The fourth-order valence-corrected chi connectivity index (χ4v) is 3.72. The fourth-order valence-electron chi connectivity index (χ4n) is 3.72. The van der Waals surface area contributed by atoms with Crippen molar-refractivity contribution in [3.05, 3.63) is 59.7 Å². The van der Waals surface area contributed by atoms with Crippen LogP contribution in [0.3, 0.4) is 0 Å². The smallest absolute Gasteiger partial charge is 0.348 e. The van der Waals surface area contributed by atoms with Gasteiger partial charge in [0.25, 0.3) is 0 Å². The van der Waals surface area contributed by atoms with Crippen molar-refractivity contribution in [1.82, 2.24) is 0 Å². The largest absolute Gasteiger partial charge is 0.504 e. The highest BCUT2D eigenvalue weighted by Gasteiger charge is 2.54. The van der Waals surface area contributed by atoms with Crippen LogP contribution in [0.15, 0.2) is 48.6 Å². The van der Waals surface area contributed by atoms with E-state index >= 15 is 0 Å². The molecule has 1 fully saturated rings. The molecule has 2 aromatic carbocycles. The molecule has 3 rings (SSSR count). The molecule has 1 aliphatic rings. The van der Waals surface area contributed by atoms with Crippen LogP contribution in [0.1, 0.15) is 24.0 Å². The monoisotopic (exact) mass is 516 g/mol. The zero-order valence-electron chi connectivity index (χ0n) is 19.1. The quantitative estimate of drug-likeness (QED) is 0.156. The molecule has 0 saturated heterocycles. The molecule has 0 unspecified atom stereocenters. The summed E-state index contributed by atoms with van der Waals surface area (Å²) >= 11 is 0. The molecule has 7 N–H and O–H groups in total. The Bertz CT molecular complexity index is 1240. The van der Waals surface area contributed by atoms with E-state index in [1.54, 1.807) is 0 Å². The van der Waals surface area contributed by atoms with Crippen LogP contribution < -0.4 is 0 Å². The van der Waals surface area contributed by atoms with Crippen molar-refractivity contribution in [3.63, 3.8) is 0 Å². The van der Waals surface area contributed by atoms with Gasteiger partial charge in [-0.25, -0.2) is 14.4 Å². The molecule has 0 radical (unpaired) electrons. The minimum Gasteiger partial charge on any atom is -0.504 e. The molecule has 2 aromatic rings. The molecule has 2 atom stereocenters. The maximum absolute atomic E-state index is 12.3. The number of carboxylic acid groups (broad SMARTS) is 1. The van der Waals surface area contributed by atoms with Crippen molar-refractivity contribution in [3.8, 4) is 23.0 Å². The zero-order valence-corrected chi connectivity index (χ0v) is 19.1. The third-order valence-electron chi connectivity index (χ3n) is 5.60. The molecule has 196 valence electrons. The van der Waals surface area contributed by atoms with Crippen LogP contribution in [0.4, 0.5) is 0 Å². The molecular weight excluding hydrogens is 492 g/mol. The van der Waals surface area contributed by atoms with Crippen LogP contribution in [-0.4, -0.2) is 77.6 Å².